The van der Waals surface area contributed by atoms with Crippen LogP contribution in [0.2, 0.25) is 0 Å². The Bertz CT molecular complexity index is 687. The summed E-state index contributed by atoms with van der Waals surface area (Å²) in [4.78, 5) is 6.49. The van der Waals surface area contributed by atoms with Crippen LogP contribution in [0.4, 0.5) is 0 Å². The zero-order valence-electron chi connectivity index (χ0n) is 12.1. The van der Waals surface area contributed by atoms with Gasteiger partial charge in [-0.05, 0) is 26.1 Å². The van der Waals surface area contributed by atoms with E-state index in [1.165, 1.54) is 5.56 Å². The van der Waals surface area contributed by atoms with Crippen LogP contribution in [0.15, 0.2) is 51.6 Å². The fourth-order valence-corrected chi connectivity index (χ4v) is 2.09. The third-order valence-electron chi connectivity index (χ3n) is 3.19. The largest absolute Gasteiger partial charge is 0.468 e. The summed E-state index contributed by atoms with van der Waals surface area (Å²) in [6.45, 7) is 3.34. The highest BCUT2D eigenvalue weighted by Gasteiger charge is 2.11. The molecule has 0 spiro atoms. The Hall–Kier alpha value is -2.40. The molecule has 3 rings (SSSR count). The lowest BCUT2D eigenvalue weighted by atomic mass is 10.1. The van der Waals surface area contributed by atoms with Gasteiger partial charge in [-0.3, -0.25) is 4.90 Å². The van der Waals surface area contributed by atoms with Crippen molar-refractivity contribution in [2.24, 2.45) is 0 Å². The molecule has 3 aromatic rings. The summed E-state index contributed by atoms with van der Waals surface area (Å²) in [5.74, 6) is 2.13. The average molecular weight is 283 g/mol. The Morgan fingerprint density at radius 2 is 1.90 bits per heavy atom. The molecule has 0 radical (unpaired) electrons. The number of nitrogens with zero attached hydrogens (tertiary/aromatic N) is 3. The molecule has 0 amide bonds. The molecular formula is C16H17N3O2. The molecule has 0 saturated carbocycles. The third-order valence-corrected chi connectivity index (χ3v) is 3.19. The molecule has 5 nitrogen and oxygen atoms in total. The predicted octanol–water partition coefficient (Wildman–Crippen LogP) is 3.27. The van der Waals surface area contributed by atoms with Gasteiger partial charge in [-0.15, -0.1) is 0 Å². The van der Waals surface area contributed by atoms with Crippen molar-refractivity contribution in [3.63, 3.8) is 0 Å². The van der Waals surface area contributed by atoms with Crippen molar-refractivity contribution in [3.8, 4) is 11.4 Å². The molecule has 0 fully saturated rings. The van der Waals surface area contributed by atoms with E-state index < -0.39 is 0 Å². The second kappa shape index (κ2) is 5.93. The molecule has 1 aromatic carbocycles. The first kappa shape index (κ1) is 13.6. The Morgan fingerprint density at radius 1 is 1.10 bits per heavy atom. The molecule has 0 N–H and O–H groups in total. The standard InChI is InChI=1S/C16H17N3O2/c1-12-5-7-13(8-6-12)16-17-15(21-18-16)11-19(2)10-14-4-3-9-20-14/h3-9H,10-11H2,1-2H3. The molecule has 5 heteroatoms. The summed E-state index contributed by atoms with van der Waals surface area (Å²) in [7, 11) is 1.98. The van der Waals surface area contributed by atoms with E-state index in [4.69, 9.17) is 8.94 Å². The van der Waals surface area contributed by atoms with Gasteiger partial charge in [0.1, 0.15) is 5.76 Å². The van der Waals surface area contributed by atoms with Crippen molar-refractivity contribution in [1.29, 1.82) is 0 Å². The summed E-state index contributed by atoms with van der Waals surface area (Å²) in [5.41, 5.74) is 2.17. The zero-order valence-corrected chi connectivity index (χ0v) is 12.1. The second-order valence-corrected chi connectivity index (χ2v) is 5.13. The lowest BCUT2D eigenvalue weighted by Crippen LogP contribution is -2.17. The fraction of sp³-hybridized carbons (Fsp3) is 0.250. The molecule has 108 valence electrons. The van der Waals surface area contributed by atoms with Crippen molar-refractivity contribution in [2.45, 2.75) is 20.0 Å². The van der Waals surface area contributed by atoms with E-state index in [0.29, 0.717) is 24.8 Å². The minimum Gasteiger partial charge on any atom is -0.468 e. The Kier molecular flexibility index (Phi) is 3.83. The van der Waals surface area contributed by atoms with Crippen LogP contribution in [0.3, 0.4) is 0 Å². The highest BCUT2D eigenvalue weighted by atomic mass is 16.5. The number of aryl methyl sites for hydroxylation is 1. The van der Waals surface area contributed by atoms with Crippen molar-refractivity contribution in [2.75, 3.05) is 7.05 Å². The Labute approximate surface area is 123 Å². The molecule has 0 atom stereocenters. The maximum atomic E-state index is 5.32. The summed E-state index contributed by atoms with van der Waals surface area (Å²) in [6.07, 6.45) is 1.67. The van der Waals surface area contributed by atoms with Gasteiger partial charge < -0.3 is 8.94 Å². The maximum Gasteiger partial charge on any atom is 0.241 e. The highest BCUT2D eigenvalue weighted by Crippen LogP contribution is 2.17. The van der Waals surface area contributed by atoms with Gasteiger partial charge in [-0.1, -0.05) is 35.0 Å². The zero-order chi connectivity index (χ0) is 14.7. The van der Waals surface area contributed by atoms with Gasteiger partial charge in [-0.25, -0.2) is 0 Å². The van der Waals surface area contributed by atoms with E-state index in [1.54, 1.807) is 6.26 Å². The van der Waals surface area contributed by atoms with Crippen molar-refractivity contribution in [3.05, 3.63) is 59.9 Å². The van der Waals surface area contributed by atoms with Crippen LogP contribution in [0.1, 0.15) is 17.2 Å². The number of aromatic nitrogens is 2. The van der Waals surface area contributed by atoms with E-state index in [1.807, 2.05) is 43.4 Å². The van der Waals surface area contributed by atoms with E-state index in [-0.39, 0.29) is 0 Å². The molecule has 0 aliphatic rings. The van der Waals surface area contributed by atoms with Crippen LogP contribution < -0.4 is 0 Å². The van der Waals surface area contributed by atoms with E-state index in [9.17, 15) is 0 Å². The van der Waals surface area contributed by atoms with Crippen molar-refractivity contribution in [1.82, 2.24) is 15.0 Å². The second-order valence-electron chi connectivity index (χ2n) is 5.13. The van der Waals surface area contributed by atoms with E-state index >= 15 is 0 Å². The summed E-state index contributed by atoms with van der Waals surface area (Å²) in [5, 5.41) is 4.03. The molecule has 0 unspecified atom stereocenters. The number of hydrogen-bond donors (Lipinski definition) is 0. The summed E-state index contributed by atoms with van der Waals surface area (Å²) < 4.78 is 10.6. The third kappa shape index (κ3) is 3.38. The number of furan rings is 1. The molecule has 21 heavy (non-hydrogen) atoms. The smallest absolute Gasteiger partial charge is 0.241 e. The molecule has 0 aliphatic carbocycles. The lowest BCUT2D eigenvalue weighted by molar-refractivity contribution is 0.244. The van der Waals surface area contributed by atoms with Gasteiger partial charge in [0.25, 0.3) is 0 Å². The SMILES string of the molecule is Cc1ccc(-c2noc(CN(C)Cc3ccco3)n2)cc1. The number of benzene rings is 1. The van der Waals surface area contributed by atoms with Crippen LogP contribution in [0.5, 0.6) is 0 Å². The number of hydrogen-bond acceptors (Lipinski definition) is 5. The average Bonchev–Trinajstić information content (AvgIpc) is 3.11. The molecular weight excluding hydrogens is 266 g/mol. The van der Waals surface area contributed by atoms with Crippen LogP contribution in [-0.4, -0.2) is 22.1 Å². The normalized spacial score (nSPS) is 11.2. The summed E-state index contributed by atoms with van der Waals surface area (Å²) in [6, 6.07) is 11.9. The molecule has 0 bridgehead atoms. The fourth-order valence-electron chi connectivity index (χ4n) is 2.09. The molecule has 2 aromatic heterocycles. The van der Waals surface area contributed by atoms with Gasteiger partial charge in [0.05, 0.1) is 19.4 Å². The first-order chi connectivity index (χ1) is 10.2. The van der Waals surface area contributed by atoms with E-state index in [0.717, 1.165) is 11.3 Å². The first-order valence-electron chi connectivity index (χ1n) is 6.81. The maximum absolute atomic E-state index is 5.32. The molecule has 0 saturated heterocycles. The van der Waals surface area contributed by atoms with Crippen LogP contribution in [0.25, 0.3) is 11.4 Å². The summed E-state index contributed by atoms with van der Waals surface area (Å²) >= 11 is 0. The highest BCUT2D eigenvalue weighted by molar-refractivity contribution is 5.54. The van der Waals surface area contributed by atoms with Crippen LogP contribution in [-0.2, 0) is 13.1 Å². The van der Waals surface area contributed by atoms with Gasteiger partial charge in [0.2, 0.25) is 11.7 Å². The Morgan fingerprint density at radius 3 is 2.62 bits per heavy atom. The topological polar surface area (TPSA) is 55.3 Å². The minimum atomic E-state index is 0.583. The predicted molar refractivity (Wildman–Crippen MR) is 78.4 cm³/mol. The van der Waals surface area contributed by atoms with Crippen molar-refractivity contribution < 1.29 is 8.94 Å². The van der Waals surface area contributed by atoms with Gasteiger partial charge >= 0.3 is 0 Å². The monoisotopic (exact) mass is 283 g/mol. The minimum absolute atomic E-state index is 0.583. The quantitative estimate of drug-likeness (QED) is 0.719. The van der Waals surface area contributed by atoms with Crippen LogP contribution >= 0.6 is 0 Å². The van der Waals surface area contributed by atoms with Crippen LogP contribution in [0, 0.1) is 6.92 Å². The Balaban J connectivity index is 1.66. The molecule has 0 aliphatic heterocycles. The van der Waals surface area contributed by atoms with Gasteiger partial charge in [0, 0.05) is 5.56 Å². The van der Waals surface area contributed by atoms with Gasteiger partial charge in [-0.2, -0.15) is 4.98 Å². The first-order valence-corrected chi connectivity index (χ1v) is 6.81. The van der Waals surface area contributed by atoms with Crippen molar-refractivity contribution >= 4 is 0 Å². The molecule has 2 heterocycles. The number of rotatable bonds is 5. The van der Waals surface area contributed by atoms with E-state index in [2.05, 4.69) is 22.0 Å². The van der Waals surface area contributed by atoms with Gasteiger partial charge in [0.15, 0.2) is 0 Å². The lowest BCUT2D eigenvalue weighted by Gasteiger charge is -2.11.